The van der Waals surface area contributed by atoms with Crippen molar-refractivity contribution in [2.24, 2.45) is 5.41 Å². The Labute approximate surface area is 83.8 Å². The van der Waals surface area contributed by atoms with Gasteiger partial charge in [-0.1, -0.05) is 6.42 Å². The van der Waals surface area contributed by atoms with E-state index in [1.165, 1.54) is 6.42 Å². The summed E-state index contributed by atoms with van der Waals surface area (Å²) in [5.74, 6) is -0.0955. The molecule has 0 unspecified atom stereocenters. The zero-order chi connectivity index (χ0) is 10.0. The number of piperidine rings is 1. The lowest BCUT2D eigenvalue weighted by molar-refractivity contribution is -0.129. The molecule has 4 nitrogen and oxygen atoms in total. The highest BCUT2D eigenvalue weighted by atomic mass is 16.2. The minimum absolute atomic E-state index is 0.0955. The van der Waals surface area contributed by atoms with Gasteiger partial charge in [0.25, 0.3) is 5.91 Å². The Morgan fingerprint density at radius 3 is 2.43 bits per heavy atom. The van der Waals surface area contributed by atoms with E-state index in [4.69, 9.17) is 5.26 Å². The van der Waals surface area contributed by atoms with Gasteiger partial charge in [-0.15, -0.1) is 0 Å². The zero-order valence-electron chi connectivity index (χ0n) is 8.25. The Hall–Kier alpha value is -1.08. The van der Waals surface area contributed by atoms with Crippen molar-refractivity contribution in [1.82, 2.24) is 10.4 Å². The van der Waals surface area contributed by atoms with Gasteiger partial charge in [0.05, 0.1) is 6.07 Å². The van der Waals surface area contributed by atoms with Crippen LogP contribution in [0.3, 0.4) is 0 Å². The summed E-state index contributed by atoms with van der Waals surface area (Å²) in [5.41, 5.74) is 2.16. The molecule has 1 amide bonds. The number of nitrogens with zero attached hydrogens (tertiary/aromatic N) is 2. The van der Waals surface area contributed by atoms with E-state index in [0.29, 0.717) is 0 Å². The van der Waals surface area contributed by atoms with Crippen LogP contribution in [-0.2, 0) is 4.79 Å². The van der Waals surface area contributed by atoms with E-state index < -0.39 is 5.41 Å². The monoisotopic (exact) mass is 193 g/mol. The van der Waals surface area contributed by atoms with Crippen LogP contribution in [0.4, 0.5) is 0 Å². The molecule has 1 saturated heterocycles. The SMILES string of the molecule is N#CC1(C(=O)NN2CCCCC2)CC1. The van der Waals surface area contributed by atoms with Gasteiger partial charge in [-0.3, -0.25) is 10.2 Å². The number of carbonyl (C=O) groups excluding carboxylic acids is 1. The van der Waals surface area contributed by atoms with Gasteiger partial charge in [-0.25, -0.2) is 5.01 Å². The zero-order valence-corrected chi connectivity index (χ0v) is 8.25. The number of hydrazine groups is 1. The van der Waals surface area contributed by atoms with E-state index >= 15 is 0 Å². The third kappa shape index (κ3) is 1.73. The molecule has 14 heavy (non-hydrogen) atoms. The number of amides is 1. The summed E-state index contributed by atoms with van der Waals surface area (Å²) >= 11 is 0. The molecule has 1 N–H and O–H groups in total. The Kier molecular flexibility index (Phi) is 2.42. The quantitative estimate of drug-likeness (QED) is 0.706. The standard InChI is InChI=1S/C10H15N3O/c11-8-10(4-5-10)9(14)12-13-6-2-1-3-7-13/h1-7H2,(H,12,14). The van der Waals surface area contributed by atoms with Crippen LogP contribution < -0.4 is 5.43 Å². The molecule has 4 heteroatoms. The highest BCUT2D eigenvalue weighted by Gasteiger charge is 2.51. The van der Waals surface area contributed by atoms with E-state index in [9.17, 15) is 4.79 Å². The first-order valence-electron chi connectivity index (χ1n) is 5.24. The average Bonchev–Trinajstić information content (AvgIpc) is 3.00. The molecule has 1 aliphatic carbocycles. The number of hydrogen-bond acceptors (Lipinski definition) is 3. The molecular formula is C10H15N3O. The molecule has 2 fully saturated rings. The normalized spacial score (nSPS) is 25.1. The highest BCUT2D eigenvalue weighted by molar-refractivity contribution is 5.87. The third-order valence-electron chi connectivity index (χ3n) is 3.01. The maximum absolute atomic E-state index is 11.7. The van der Waals surface area contributed by atoms with Crippen LogP contribution in [0.5, 0.6) is 0 Å². The van der Waals surface area contributed by atoms with Crippen molar-refractivity contribution in [3.05, 3.63) is 0 Å². The molecule has 0 atom stereocenters. The Morgan fingerprint density at radius 1 is 1.29 bits per heavy atom. The van der Waals surface area contributed by atoms with E-state index in [2.05, 4.69) is 11.5 Å². The fourth-order valence-electron chi connectivity index (χ4n) is 1.77. The molecule has 2 aliphatic rings. The largest absolute Gasteiger partial charge is 0.288 e. The molecule has 1 aliphatic heterocycles. The van der Waals surface area contributed by atoms with Crippen LogP contribution in [0.1, 0.15) is 32.1 Å². The first kappa shape index (κ1) is 9.47. The summed E-state index contributed by atoms with van der Waals surface area (Å²) in [6.07, 6.45) is 4.97. The Bertz CT molecular complexity index is 272. The fraction of sp³-hybridized carbons (Fsp3) is 0.800. The number of carbonyl (C=O) groups is 1. The van der Waals surface area contributed by atoms with Gasteiger partial charge in [0.2, 0.25) is 0 Å². The lowest BCUT2D eigenvalue weighted by atomic mass is 10.1. The second kappa shape index (κ2) is 3.58. The van der Waals surface area contributed by atoms with Crippen molar-refractivity contribution in [2.45, 2.75) is 32.1 Å². The minimum Gasteiger partial charge on any atom is -0.288 e. The van der Waals surface area contributed by atoms with Crippen molar-refractivity contribution in [3.8, 4) is 6.07 Å². The number of nitrogens with one attached hydrogen (secondary N) is 1. The molecule has 2 rings (SSSR count). The second-order valence-corrected chi connectivity index (χ2v) is 4.18. The number of hydrogen-bond donors (Lipinski definition) is 1. The van der Waals surface area contributed by atoms with Gasteiger partial charge in [0.15, 0.2) is 0 Å². The molecule has 0 aromatic heterocycles. The van der Waals surface area contributed by atoms with Gasteiger partial charge in [0, 0.05) is 13.1 Å². The predicted octanol–water partition coefficient (Wildman–Crippen LogP) is 0.807. The average molecular weight is 193 g/mol. The van der Waals surface area contributed by atoms with Gasteiger partial charge in [-0.2, -0.15) is 5.26 Å². The van der Waals surface area contributed by atoms with Crippen LogP contribution in [0.2, 0.25) is 0 Å². The number of rotatable bonds is 2. The molecule has 1 saturated carbocycles. The van der Waals surface area contributed by atoms with Gasteiger partial charge in [0.1, 0.15) is 5.41 Å². The van der Waals surface area contributed by atoms with Crippen molar-refractivity contribution in [3.63, 3.8) is 0 Å². The first-order chi connectivity index (χ1) is 6.77. The molecule has 0 aromatic rings. The van der Waals surface area contributed by atoms with Crippen molar-refractivity contribution in [2.75, 3.05) is 13.1 Å². The molecule has 0 bridgehead atoms. The van der Waals surface area contributed by atoms with E-state index in [0.717, 1.165) is 38.8 Å². The van der Waals surface area contributed by atoms with Crippen molar-refractivity contribution in [1.29, 1.82) is 5.26 Å². The summed E-state index contributed by atoms with van der Waals surface area (Å²) in [4.78, 5) is 11.7. The molecular weight excluding hydrogens is 178 g/mol. The second-order valence-electron chi connectivity index (χ2n) is 4.18. The van der Waals surface area contributed by atoms with Crippen LogP contribution in [0.25, 0.3) is 0 Å². The maximum atomic E-state index is 11.7. The first-order valence-corrected chi connectivity index (χ1v) is 5.24. The molecule has 0 aromatic carbocycles. The van der Waals surface area contributed by atoms with E-state index in [1.54, 1.807) is 0 Å². The third-order valence-corrected chi connectivity index (χ3v) is 3.01. The van der Waals surface area contributed by atoms with Crippen LogP contribution in [-0.4, -0.2) is 24.0 Å². The maximum Gasteiger partial charge on any atom is 0.254 e. The minimum atomic E-state index is -0.683. The topological polar surface area (TPSA) is 56.1 Å². The molecule has 1 heterocycles. The highest BCUT2D eigenvalue weighted by Crippen LogP contribution is 2.45. The van der Waals surface area contributed by atoms with Gasteiger partial charge in [-0.05, 0) is 25.7 Å². The van der Waals surface area contributed by atoms with Crippen LogP contribution in [0, 0.1) is 16.7 Å². The van der Waals surface area contributed by atoms with Gasteiger partial charge < -0.3 is 0 Å². The lowest BCUT2D eigenvalue weighted by Crippen LogP contribution is -2.47. The Morgan fingerprint density at radius 2 is 1.93 bits per heavy atom. The molecule has 0 spiro atoms. The smallest absolute Gasteiger partial charge is 0.254 e. The van der Waals surface area contributed by atoms with Crippen LogP contribution >= 0.6 is 0 Å². The van der Waals surface area contributed by atoms with Crippen molar-refractivity contribution < 1.29 is 4.79 Å². The fourth-order valence-corrected chi connectivity index (χ4v) is 1.77. The van der Waals surface area contributed by atoms with Crippen molar-refractivity contribution >= 4 is 5.91 Å². The van der Waals surface area contributed by atoms with E-state index in [-0.39, 0.29) is 5.91 Å². The summed E-state index contributed by atoms with van der Waals surface area (Å²) in [6.45, 7) is 1.85. The van der Waals surface area contributed by atoms with Gasteiger partial charge >= 0.3 is 0 Å². The summed E-state index contributed by atoms with van der Waals surface area (Å²) < 4.78 is 0. The Balaban J connectivity index is 1.85. The summed E-state index contributed by atoms with van der Waals surface area (Å²) in [7, 11) is 0. The van der Waals surface area contributed by atoms with E-state index in [1.807, 2.05) is 5.01 Å². The summed E-state index contributed by atoms with van der Waals surface area (Å²) in [6, 6.07) is 2.10. The molecule has 0 radical (unpaired) electrons. The summed E-state index contributed by atoms with van der Waals surface area (Å²) in [5, 5.41) is 10.8. The number of nitriles is 1. The molecule has 76 valence electrons. The van der Waals surface area contributed by atoms with Crippen LogP contribution in [0.15, 0.2) is 0 Å². The predicted molar refractivity (Wildman–Crippen MR) is 50.8 cm³/mol. The lowest BCUT2D eigenvalue weighted by Gasteiger charge is -2.27.